The van der Waals surface area contributed by atoms with Crippen LogP contribution in [0, 0.1) is 6.92 Å². The minimum atomic E-state index is -0.107. The molecule has 3 nitrogen and oxygen atoms in total. The van der Waals surface area contributed by atoms with Crippen molar-refractivity contribution in [3.05, 3.63) is 106 Å². The molecule has 0 unspecified atom stereocenters. The van der Waals surface area contributed by atoms with Gasteiger partial charge in [0.2, 0.25) is 0 Å². The highest BCUT2D eigenvalue weighted by Crippen LogP contribution is 2.23. The number of thiophene rings is 1. The highest BCUT2D eigenvalue weighted by molar-refractivity contribution is 7.12. The number of hydrogen-bond donors (Lipinski definition) is 1. The number of carbonyl (C=O) groups excluding carboxylic acids is 1. The number of ether oxygens (including phenoxy) is 1. The van der Waals surface area contributed by atoms with Gasteiger partial charge in [0.15, 0.2) is 0 Å². The first kappa shape index (κ1) is 19.0. The standard InChI is InChI=1S/C25H21NO2S/c1-18-7-5-6-10-23(18)28-16-19-15-24(29-17-19)25(27)26-22-13-11-21(12-14-22)20-8-3-2-4-9-20/h2-15,17H,16H2,1H3,(H,26,27). The highest BCUT2D eigenvalue weighted by atomic mass is 32.1. The first-order valence-electron chi connectivity index (χ1n) is 9.42. The van der Waals surface area contributed by atoms with Gasteiger partial charge >= 0.3 is 0 Å². The molecule has 29 heavy (non-hydrogen) atoms. The van der Waals surface area contributed by atoms with Crippen molar-refractivity contribution in [2.24, 2.45) is 0 Å². The minimum absolute atomic E-state index is 0.107. The zero-order valence-corrected chi connectivity index (χ0v) is 16.9. The number of para-hydroxylation sites is 1. The Morgan fingerprint density at radius 2 is 1.59 bits per heavy atom. The monoisotopic (exact) mass is 399 g/mol. The lowest BCUT2D eigenvalue weighted by molar-refractivity contribution is 0.103. The maximum Gasteiger partial charge on any atom is 0.265 e. The normalized spacial score (nSPS) is 10.5. The molecule has 0 saturated heterocycles. The zero-order chi connectivity index (χ0) is 20.1. The Labute approximate surface area is 174 Å². The van der Waals surface area contributed by atoms with E-state index < -0.39 is 0 Å². The lowest BCUT2D eigenvalue weighted by Crippen LogP contribution is -2.10. The van der Waals surface area contributed by atoms with Gasteiger partial charge in [0.25, 0.3) is 5.91 Å². The maximum absolute atomic E-state index is 12.6. The van der Waals surface area contributed by atoms with Gasteiger partial charge in [0.05, 0.1) is 4.88 Å². The van der Waals surface area contributed by atoms with E-state index in [2.05, 4.69) is 17.4 Å². The molecule has 0 aliphatic carbocycles. The lowest BCUT2D eigenvalue weighted by atomic mass is 10.1. The Bertz CT molecular complexity index is 1100. The van der Waals surface area contributed by atoms with Gasteiger partial charge in [-0.05, 0) is 53.3 Å². The average molecular weight is 400 g/mol. The Morgan fingerprint density at radius 3 is 2.34 bits per heavy atom. The predicted octanol–water partition coefficient (Wildman–Crippen LogP) is 6.55. The molecule has 0 fully saturated rings. The Balaban J connectivity index is 1.37. The van der Waals surface area contributed by atoms with Crippen molar-refractivity contribution in [3.8, 4) is 16.9 Å². The van der Waals surface area contributed by atoms with Gasteiger partial charge in [-0.25, -0.2) is 0 Å². The smallest absolute Gasteiger partial charge is 0.265 e. The number of rotatable bonds is 6. The SMILES string of the molecule is Cc1ccccc1OCc1csc(C(=O)Nc2ccc(-c3ccccc3)cc2)c1. The van der Waals surface area contributed by atoms with Crippen molar-refractivity contribution >= 4 is 22.9 Å². The second-order valence-electron chi connectivity index (χ2n) is 6.77. The van der Waals surface area contributed by atoms with E-state index in [-0.39, 0.29) is 5.91 Å². The van der Waals surface area contributed by atoms with E-state index in [0.717, 1.165) is 33.7 Å². The van der Waals surface area contributed by atoms with Crippen LogP contribution in [-0.2, 0) is 6.61 Å². The fourth-order valence-corrected chi connectivity index (χ4v) is 3.81. The topological polar surface area (TPSA) is 38.3 Å². The van der Waals surface area contributed by atoms with Crippen LogP contribution in [-0.4, -0.2) is 5.91 Å². The molecule has 0 spiro atoms. The predicted molar refractivity (Wildman–Crippen MR) is 120 cm³/mol. The summed E-state index contributed by atoms with van der Waals surface area (Å²) in [6.07, 6.45) is 0. The first-order chi connectivity index (χ1) is 14.2. The summed E-state index contributed by atoms with van der Waals surface area (Å²) in [5.74, 6) is 0.757. The lowest BCUT2D eigenvalue weighted by Gasteiger charge is -2.07. The fourth-order valence-electron chi connectivity index (χ4n) is 3.02. The Hall–Kier alpha value is -3.37. The van der Waals surface area contributed by atoms with Crippen molar-refractivity contribution in [2.45, 2.75) is 13.5 Å². The van der Waals surface area contributed by atoms with Gasteiger partial charge in [-0.2, -0.15) is 0 Å². The third-order valence-corrected chi connectivity index (χ3v) is 5.59. The minimum Gasteiger partial charge on any atom is -0.489 e. The maximum atomic E-state index is 12.6. The van der Waals surface area contributed by atoms with Crippen LogP contribution < -0.4 is 10.1 Å². The summed E-state index contributed by atoms with van der Waals surface area (Å²) in [5, 5.41) is 4.93. The van der Waals surface area contributed by atoms with E-state index in [1.807, 2.05) is 85.1 Å². The summed E-state index contributed by atoms with van der Waals surface area (Å²) >= 11 is 1.42. The number of carbonyl (C=O) groups is 1. The average Bonchev–Trinajstić information content (AvgIpc) is 3.24. The van der Waals surface area contributed by atoms with Gasteiger partial charge in [-0.15, -0.1) is 11.3 Å². The summed E-state index contributed by atoms with van der Waals surface area (Å²) in [7, 11) is 0. The van der Waals surface area contributed by atoms with Crippen LogP contribution in [0.4, 0.5) is 5.69 Å². The van der Waals surface area contributed by atoms with Crippen LogP contribution in [0.1, 0.15) is 20.8 Å². The summed E-state index contributed by atoms with van der Waals surface area (Å²) in [5.41, 5.74) is 5.14. The zero-order valence-electron chi connectivity index (χ0n) is 16.1. The van der Waals surface area contributed by atoms with Crippen LogP contribution in [0.2, 0.25) is 0 Å². The summed E-state index contributed by atoms with van der Waals surface area (Å²) < 4.78 is 5.86. The molecule has 1 aromatic heterocycles. The molecule has 0 aliphatic rings. The van der Waals surface area contributed by atoms with E-state index in [4.69, 9.17) is 4.74 Å². The highest BCUT2D eigenvalue weighted by Gasteiger charge is 2.10. The molecule has 1 amide bonds. The van der Waals surface area contributed by atoms with Crippen LogP contribution in [0.25, 0.3) is 11.1 Å². The first-order valence-corrected chi connectivity index (χ1v) is 10.3. The molecule has 144 valence electrons. The van der Waals surface area contributed by atoms with Crippen molar-refractivity contribution in [3.63, 3.8) is 0 Å². The van der Waals surface area contributed by atoms with E-state index in [1.165, 1.54) is 11.3 Å². The van der Waals surface area contributed by atoms with E-state index in [9.17, 15) is 4.79 Å². The summed E-state index contributed by atoms with van der Waals surface area (Å²) in [4.78, 5) is 13.2. The summed E-state index contributed by atoms with van der Waals surface area (Å²) in [6.45, 7) is 2.46. The number of hydrogen-bond acceptors (Lipinski definition) is 3. The van der Waals surface area contributed by atoms with Crippen LogP contribution >= 0.6 is 11.3 Å². The second kappa shape index (κ2) is 8.76. The molecule has 4 heteroatoms. The second-order valence-corrected chi connectivity index (χ2v) is 7.68. The van der Waals surface area contributed by atoms with Crippen LogP contribution in [0.3, 0.4) is 0 Å². The molecule has 1 heterocycles. The molecule has 0 atom stereocenters. The third-order valence-electron chi connectivity index (χ3n) is 4.62. The molecule has 4 rings (SSSR count). The van der Waals surface area contributed by atoms with E-state index in [0.29, 0.717) is 11.5 Å². The van der Waals surface area contributed by atoms with E-state index in [1.54, 1.807) is 0 Å². The Morgan fingerprint density at radius 1 is 0.897 bits per heavy atom. The van der Waals surface area contributed by atoms with Crippen molar-refractivity contribution in [1.82, 2.24) is 0 Å². The van der Waals surface area contributed by atoms with Gasteiger partial charge in [0.1, 0.15) is 12.4 Å². The molecule has 0 saturated carbocycles. The third kappa shape index (κ3) is 4.73. The number of amides is 1. The molecule has 0 aliphatic heterocycles. The van der Waals surface area contributed by atoms with E-state index >= 15 is 0 Å². The van der Waals surface area contributed by atoms with Crippen LogP contribution in [0.15, 0.2) is 90.3 Å². The van der Waals surface area contributed by atoms with Gasteiger partial charge in [-0.3, -0.25) is 4.79 Å². The number of anilines is 1. The van der Waals surface area contributed by atoms with Crippen molar-refractivity contribution in [2.75, 3.05) is 5.32 Å². The molecule has 0 bridgehead atoms. The largest absolute Gasteiger partial charge is 0.489 e. The quantitative estimate of drug-likeness (QED) is 0.399. The molecule has 0 radical (unpaired) electrons. The van der Waals surface area contributed by atoms with Crippen molar-refractivity contribution in [1.29, 1.82) is 0 Å². The molecular formula is C25H21NO2S. The van der Waals surface area contributed by atoms with Gasteiger partial charge < -0.3 is 10.1 Å². The molecule has 3 aromatic carbocycles. The van der Waals surface area contributed by atoms with Gasteiger partial charge in [-0.1, -0.05) is 60.7 Å². The Kier molecular flexibility index (Phi) is 5.73. The number of nitrogens with one attached hydrogen (secondary N) is 1. The van der Waals surface area contributed by atoms with Gasteiger partial charge in [0, 0.05) is 11.3 Å². The fraction of sp³-hybridized carbons (Fsp3) is 0.0800. The number of benzene rings is 3. The van der Waals surface area contributed by atoms with Crippen LogP contribution in [0.5, 0.6) is 5.75 Å². The molecule has 4 aromatic rings. The summed E-state index contributed by atoms with van der Waals surface area (Å²) in [6, 6.07) is 27.9. The molecular weight excluding hydrogens is 378 g/mol. The molecule has 1 N–H and O–H groups in total. The number of aryl methyl sites for hydroxylation is 1. The van der Waals surface area contributed by atoms with Crippen molar-refractivity contribution < 1.29 is 9.53 Å².